The predicted molar refractivity (Wildman–Crippen MR) is 95.6 cm³/mol. The van der Waals surface area contributed by atoms with Crippen LogP contribution in [0.25, 0.3) is 0 Å². The van der Waals surface area contributed by atoms with Gasteiger partial charge in [0.15, 0.2) is 6.54 Å². The first kappa shape index (κ1) is 17.7. The molecule has 1 aliphatic carbocycles. The molecular weight excluding hydrogens is 343 g/mol. The van der Waals surface area contributed by atoms with Gasteiger partial charge in [0.1, 0.15) is 18.1 Å². The Morgan fingerprint density at radius 3 is 2.60 bits per heavy atom. The number of rotatable bonds is 7. The Balaban J connectivity index is 1.62. The summed E-state index contributed by atoms with van der Waals surface area (Å²) in [5.41, 5.74) is 1.60. The van der Waals surface area contributed by atoms with Crippen molar-refractivity contribution in [1.82, 2.24) is 0 Å². The Hall–Kier alpha value is -2.11. The molecule has 6 heteroatoms. The molecule has 1 atom stereocenters. The van der Waals surface area contributed by atoms with Gasteiger partial charge in [0, 0.05) is 18.4 Å². The van der Waals surface area contributed by atoms with Crippen LogP contribution >= 0.6 is 11.6 Å². The minimum atomic E-state index is -0.423. The van der Waals surface area contributed by atoms with Crippen molar-refractivity contribution in [3.8, 4) is 5.75 Å². The standard InChI is InChI=1S/C19H20ClFN2O2/c1-25-16-7-2-13(3-8-16)11-23(15-5-6-15)12-19(24)22-18-9-4-14(21)10-17(18)20/h2-4,7-10,15H,5-6,11-12H2,1H3,(H,22,24)/p+1. The maximum absolute atomic E-state index is 13.1. The van der Waals surface area contributed by atoms with E-state index in [0.717, 1.165) is 30.7 Å². The van der Waals surface area contributed by atoms with Crippen molar-refractivity contribution < 1.29 is 18.8 Å². The average Bonchev–Trinajstić information content (AvgIpc) is 3.42. The van der Waals surface area contributed by atoms with E-state index in [9.17, 15) is 9.18 Å². The summed E-state index contributed by atoms with van der Waals surface area (Å²) >= 11 is 5.97. The number of halogens is 2. The van der Waals surface area contributed by atoms with Crippen LogP contribution in [0.2, 0.25) is 5.02 Å². The van der Waals surface area contributed by atoms with Crippen LogP contribution in [0.3, 0.4) is 0 Å². The van der Waals surface area contributed by atoms with Crippen LogP contribution in [0.15, 0.2) is 42.5 Å². The Morgan fingerprint density at radius 2 is 2.00 bits per heavy atom. The number of carbonyl (C=O) groups is 1. The molecule has 2 aromatic carbocycles. The van der Waals surface area contributed by atoms with Crippen molar-refractivity contribution in [2.75, 3.05) is 19.0 Å². The number of carbonyl (C=O) groups excluding carboxylic acids is 1. The summed E-state index contributed by atoms with van der Waals surface area (Å²) in [7, 11) is 1.64. The largest absolute Gasteiger partial charge is 0.497 e. The van der Waals surface area contributed by atoms with Crippen LogP contribution in [0.5, 0.6) is 5.75 Å². The van der Waals surface area contributed by atoms with Gasteiger partial charge in [-0.05, 0) is 42.5 Å². The molecule has 0 bridgehead atoms. The molecule has 1 aliphatic rings. The highest BCUT2D eigenvalue weighted by Gasteiger charge is 2.34. The van der Waals surface area contributed by atoms with Gasteiger partial charge in [0.2, 0.25) is 0 Å². The maximum atomic E-state index is 13.1. The van der Waals surface area contributed by atoms with Gasteiger partial charge in [-0.15, -0.1) is 0 Å². The van der Waals surface area contributed by atoms with Gasteiger partial charge in [0.25, 0.3) is 5.91 Å². The van der Waals surface area contributed by atoms with E-state index in [1.165, 1.54) is 23.1 Å². The van der Waals surface area contributed by atoms with E-state index in [0.29, 0.717) is 18.3 Å². The topological polar surface area (TPSA) is 42.8 Å². The molecular formula is C19H21ClFN2O2+. The molecule has 0 radical (unpaired) electrons. The molecule has 1 saturated carbocycles. The van der Waals surface area contributed by atoms with Crippen LogP contribution in [0, 0.1) is 5.82 Å². The first-order valence-electron chi connectivity index (χ1n) is 8.27. The van der Waals surface area contributed by atoms with Crippen molar-refractivity contribution in [2.45, 2.75) is 25.4 Å². The third kappa shape index (κ3) is 4.94. The number of amides is 1. The molecule has 0 heterocycles. The second kappa shape index (κ2) is 7.85. The molecule has 3 rings (SSSR count). The molecule has 0 saturated heterocycles. The molecule has 1 unspecified atom stereocenters. The Bertz CT molecular complexity index is 748. The molecule has 2 N–H and O–H groups in total. The fourth-order valence-electron chi connectivity index (χ4n) is 2.84. The zero-order valence-corrected chi connectivity index (χ0v) is 14.8. The van der Waals surface area contributed by atoms with Crippen molar-refractivity contribution in [3.05, 3.63) is 58.9 Å². The lowest BCUT2D eigenvalue weighted by Gasteiger charge is -2.19. The Morgan fingerprint density at radius 1 is 1.28 bits per heavy atom. The summed E-state index contributed by atoms with van der Waals surface area (Å²) in [6.45, 7) is 1.13. The lowest BCUT2D eigenvalue weighted by Crippen LogP contribution is -3.13. The monoisotopic (exact) mass is 363 g/mol. The Kier molecular flexibility index (Phi) is 5.56. The number of hydrogen-bond acceptors (Lipinski definition) is 2. The summed E-state index contributed by atoms with van der Waals surface area (Å²) < 4.78 is 18.3. The van der Waals surface area contributed by atoms with Crippen LogP contribution in [-0.4, -0.2) is 25.6 Å². The third-order valence-electron chi connectivity index (χ3n) is 4.34. The summed E-state index contributed by atoms with van der Waals surface area (Å²) in [6.07, 6.45) is 2.27. The van der Waals surface area contributed by atoms with Crippen molar-refractivity contribution >= 4 is 23.2 Å². The average molecular weight is 364 g/mol. The molecule has 0 aliphatic heterocycles. The number of hydrogen-bond donors (Lipinski definition) is 2. The third-order valence-corrected chi connectivity index (χ3v) is 4.65. The smallest absolute Gasteiger partial charge is 0.279 e. The highest BCUT2D eigenvalue weighted by atomic mass is 35.5. The fraction of sp³-hybridized carbons (Fsp3) is 0.316. The van der Waals surface area contributed by atoms with Crippen LogP contribution in [0.1, 0.15) is 18.4 Å². The van der Waals surface area contributed by atoms with Gasteiger partial charge in [-0.25, -0.2) is 4.39 Å². The van der Waals surface area contributed by atoms with E-state index in [2.05, 4.69) is 5.32 Å². The molecule has 1 amide bonds. The lowest BCUT2D eigenvalue weighted by atomic mass is 10.2. The first-order valence-corrected chi connectivity index (χ1v) is 8.65. The fourth-order valence-corrected chi connectivity index (χ4v) is 3.05. The van der Waals surface area contributed by atoms with Gasteiger partial charge in [0.05, 0.1) is 23.9 Å². The van der Waals surface area contributed by atoms with E-state index in [-0.39, 0.29) is 10.9 Å². The zero-order valence-electron chi connectivity index (χ0n) is 14.0. The van der Waals surface area contributed by atoms with E-state index in [4.69, 9.17) is 16.3 Å². The minimum absolute atomic E-state index is 0.121. The van der Waals surface area contributed by atoms with Gasteiger partial charge in [-0.1, -0.05) is 11.6 Å². The van der Waals surface area contributed by atoms with E-state index in [1.807, 2.05) is 24.3 Å². The van der Waals surface area contributed by atoms with Gasteiger partial charge in [-0.3, -0.25) is 4.79 Å². The molecule has 25 heavy (non-hydrogen) atoms. The second-order valence-corrected chi connectivity index (χ2v) is 6.71. The summed E-state index contributed by atoms with van der Waals surface area (Å²) in [5.74, 6) is 0.275. The highest BCUT2D eigenvalue weighted by molar-refractivity contribution is 6.33. The summed E-state index contributed by atoms with van der Waals surface area (Å²) in [6, 6.07) is 12.4. The molecule has 0 spiro atoms. The number of methoxy groups -OCH3 is 1. The van der Waals surface area contributed by atoms with Gasteiger partial charge < -0.3 is 15.0 Å². The number of anilines is 1. The first-order chi connectivity index (χ1) is 12.0. The highest BCUT2D eigenvalue weighted by Crippen LogP contribution is 2.22. The normalized spacial score (nSPS) is 14.8. The summed E-state index contributed by atoms with van der Waals surface area (Å²) in [5, 5.41) is 2.98. The predicted octanol–water partition coefficient (Wildman–Crippen LogP) is 2.67. The van der Waals surface area contributed by atoms with Gasteiger partial charge in [-0.2, -0.15) is 0 Å². The summed E-state index contributed by atoms with van der Waals surface area (Å²) in [4.78, 5) is 13.6. The van der Waals surface area contributed by atoms with Crippen molar-refractivity contribution in [2.24, 2.45) is 0 Å². The van der Waals surface area contributed by atoms with Crippen molar-refractivity contribution in [1.29, 1.82) is 0 Å². The molecule has 1 fully saturated rings. The maximum Gasteiger partial charge on any atom is 0.279 e. The molecule has 4 nitrogen and oxygen atoms in total. The van der Waals surface area contributed by atoms with Crippen LogP contribution < -0.4 is 15.0 Å². The molecule has 132 valence electrons. The van der Waals surface area contributed by atoms with E-state index >= 15 is 0 Å². The zero-order chi connectivity index (χ0) is 17.8. The van der Waals surface area contributed by atoms with E-state index < -0.39 is 5.82 Å². The number of quaternary nitrogens is 1. The minimum Gasteiger partial charge on any atom is -0.497 e. The van der Waals surface area contributed by atoms with Gasteiger partial charge >= 0.3 is 0 Å². The SMILES string of the molecule is COc1ccc(C[NH+](CC(=O)Nc2ccc(F)cc2Cl)C2CC2)cc1. The quantitative estimate of drug-likeness (QED) is 0.794. The number of nitrogens with one attached hydrogen (secondary N) is 2. The van der Waals surface area contributed by atoms with E-state index in [1.54, 1.807) is 7.11 Å². The number of benzene rings is 2. The van der Waals surface area contributed by atoms with Crippen molar-refractivity contribution in [3.63, 3.8) is 0 Å². The molecule has 2 aromatic rings. The van der Waals surface area contributed by atoms with Crippen LogP contribution in [0.4, 0.5) is 10.1 Å². The van der Waals surface area contributed by atoms with Crippen LogP contribution in [-0.2, 0) is 11.3 Å². The molecule has 0 aromatic heterocycles. The number of ether oxygens (including phenoxy) is 1. The Labute approximate surface area is 151 Å². The lowest BCUT2D eigenvalue weighted by molar-refractivity contribution is -0.916. The second-order valence-electron chi connectivity index (χ2n) is 6.31.